The largest absolute Gasteiger partial charge is 0.487 e. The average Bonchev–Trinajstić information content (AvgIpc) is 2.38. The molecular formula is C16H15IO. The Kier molecular flexibility index (Phi) is 2.85. The molecule has 2 heteroatoms. The van der Waals surface area contributed by atoms with E-state index in [4.69, 9.17) is 4.74 Å². The standard InChI is InChI=1S/C16H15IO/c1-9-4-6-12-13-7-5-10(2)15(17)16(13)18-8-14(12)11(9)3/h4-7H,8H2,1-3H3. The van der Waals surface area contributed by atoms with E-state index in [1.807, 2.05) is 0 Å². The number of aryl methyl sites for hydroxylation is 2. The summed E-state index contributed by atoms with van der Waals surface area (Å²) >= 11 is 2.38. The maximum Gasteiger partial charge on any atom is 0.141 e. The average molecular weight is 350 g/mol. The molecule has 92 valence electrons. The second-order valence-electron chi connectivity index (χ2n) is 4.90. The maximum atomic E-state index is 5.99. The molecular weight excluding hydrogens is 335 g/mol. The summed E-state index contributed by atoms with van der Waals surface area (Å²) in [5.41, 5.74) is 7.87. The van der Waals surface area contributed by atoms with Gasteiger partial charge in [0.1, 0.15) is 12.4 Å². The number of ether oxygens (including phenoxy) is 1. The zero-order chi connectivity index (χ0) is 12.9. The van der Waals surface area contributed by atoms with E-state index in [-0.39, 0.29) is 0 Å². The molecule has 0 amide bonds. The first-order chi connectivity index (χ1) is 8.59. The molecule has 1 nitrogen and oxygen atoms in total. The predicted molar refractivity (Wildman–Crippen MR) is 83.1 cm³/mol. The molecule has 0 saturated carbocycles. The molecule has 1 aliphatic rings. The van der Waals surface area contributed by atoms with E-state index in [1.54, 1.807) is 0 Å². The summed E-state index contributed by atoms with van der Waals surface area (Å²) in [4.78, 5) is 0. The smallest absolute Gasteiger partial charge is 0.141 e. The van der Waals surface area contributed by atoms with E-state index in [9.17, 15) is 0 Å². The van der Waals surface area contributed by atoms with Gasteiger partial charge in [-0.1, -0.05) is 24.3 Å². The van der Waals surface area contributed by atoms with Crippen LogP contribution in [-0.4, -0.2) is 0 Å². The van der Waals surface area contributed by atoms with E-state index < -0.39 is 0 Å². The van der Waals surface area contributed by atoms with Gasteiger partial charge in [0.25, 0.3) is 0 Å². The summed E-state index contributed by atoms with van der Waals surface area (Å²) in [5.74, 6) is 1.05. The third kappa shape index (κ3) is 1.66. The Balaban J connectivity index is 2.31. The Morgan fingerprint density at radius 3 is 2.39 bits per heavy atom. The molecule has 18 heavy (non-hydrogen) atoms. The van der Waals surface area contributed by atoms with Gasteiger partial charge >= 0.3 is 0 Å². The van der Waals surface area contributed by atoms with E-state index in [1.165, 1.54) is 37.0 Å². The Morgan fingerprint density at radius 2 is 1.61 bits per heavy atom. The molecule has 3 rings (SSSR count). The van der Waals surface area contributed by atoms with Crippen molar-refractivity contribution in [1.29, 1.82) is 0 Å². The molecule has 1 heterocycles. The van der Waals surface area contributed by atoms with Crippen LogP contribution in [0.2, 0.25) is 0 Å². The Labute approximate surface area is 121 Å². The van der Waals surface area contributed by atoms with Gasteiger partial charge in [0.15, 0.2) is 0 Å². The van der Waals surface area contributed by atoms with E-state index in [0.717, 1.165) is 5.75 Å². The monoisotopic (exact) mass is 350 g/mol. The molecule has 2 aromatic carbocycles. The van der Waals surface area contributed by atoms with Crippen molar-refractivity contribution in [1.82, 2.24) is 0 Å². The Hall–Kier alpha value is -1.03. The van der Waals surface area contributed by atoms with Crippen LogP contribution in [0.5, 0.6) is 5.75 Å². The number of hydrogen-bond acceptors (Lipinski definition) is 1. The fraction of sp³-hybridized carbons (Fsp3) is 0.250. The van der Waals surface area contributed by atoms with Crippen molar-refractivity contribution in [3.05, 3.63) is 50.1 Å². The van der Waals surface area contributed by atoms with Gasteiger partial charge < -0.3 is 4.74 Å². The molecule has 0 unspecified atom stereocenters. The fourth-order valence-electron chi connectivity index (χ4n) is 2.46. The van der Waals surface area contributed by atoms with Gasteiger partial charge in [-0.2, -0.15) is 0 Å². The number of benzene rings is 2. The van der Waals surface area contributed by atoms with Gasteiger partial charge in [0.2, 0.25) is 0 Å². The first-order valence-electron chi connectivity index (χ1n) is 6.11. The van der Waals surface area contributed by atoms with E-state index in [2.05, 4.69) is 67.6 Å². The first kappa shape index (κ1) is 12.0. The number of halogens is 1. The van der Waals surface area contributed by atoms with Gasteiger partial charge in [-0.15, -0.1) is 0 Å². The van der Waals surface area contributed by atoms with Gasteiger partial charge in [0, 0.05) is 11.1 Å². The molecule has 2 aromatic rings. The molecule has 0 radical (unpaired) electrons. The van der Waals surface area contributed by atoms with Crippen LogP contribution in [0.1, 0.15) is 22.3 Å². The zero-order valence-corrected chi connectivity index (χ0v) is 13.0. The lowest BCUT2D eigenvalue weighted by Gasteiger charge is -2.24. The Bertz CT molecular complexity index is 587. The summed E-state index contributed by atoms with van der Waals surface area (Å²) in [6.45, 7) is 7.16. The van der Waals surface area contributed by atoms with E-state index >= 15 is 0 Å². The molecule has 0 saturated heterocycles. The topological polar surface area (TPSA) is 9.23 Å². The minimum absolute atomic E-state index is 0.690. The van der Waals surface area contributed by atoms with Gasteiger partial charge in [-0.3, -0.25) is 0 Å². The van der Waals surface area contributed by atoms with Crippen LogP contribution in [0.4, 0.5) is 0 Å². The lowest BCUT2D eigenvalue weighted by Crippen LogP contribution is -2.09. The van der Waals surface area contributed by atoms with Gasteiger partial charge in [-0.05, 0) is 65.6 Å². The molecule has 0 atom stereocenters. The lowest BCUT2D eigenvalue weighted by atomic mass is 9.91. The summed E-state index contributed by atoms with van der Waals surface area (Å²) in [6.07, 6.45) is 0. The highest BCUT2D eigenvalue weighted by atomic mass is 127. The lowest BCUT2D eigenvalue weighted by molar-refractivity contribution is 0.299. The molecule has 1 aliphatic heterocycles. The normalized spacial score (nSPS) is 12.7. The van der Waals surface area contributed by atoms with Crippen LogP contribution in [-0.2, 0) is 6.61 Å². The summed E-state index contributed by atoms with van der Waals surface area (Å²) < 4.78 is 7.22. The van der Waals surface area contributed by atoms with Crippen LogP contribution in [0.25, 0.3) is 11.1 Å². The van der Waals surface area contributed by atoms with Crippen molar-refractivity contribution in [3.63, 3.8) is 0 Å². The molecule has 0 aliphatic carbocycles. The number of fused-ring (bicyclic) bond motifs is 3. The highest BCUT2D eigenvalue weighted by molar-refractivity contribution is 14.1. The summed E-state index contributed by atoms with van der Waals surface area (Å²) in [6, 6.07) is 8.79. The molecule has 0 bridgehead atoms. The van der Waals surface area contributed by atoms with Crippen LogP contribution < -0.4 is 4.74 Å². The van der Waals surface area contributed by atoms with Crippen molar-refractivity contribution >= 4 is 22.6 Å². The van der Waals surface area contributed by atoms with Crippen molar-refractivity contribution in [2.45, 2.75) is 27.4 Å². The maximum absolute atomic E-state index is 5.99. The quantitative estimate of drug-likeness (QED) is 0.622. The van der Waals surface area contributed by atoms with Crippen LogP contribution >= 0.6 is 22.6 Å². The second kappa shape index (κ2) is 4.26. The molecule has 0 fully saturated rings. The summed E-state index contributed by atoms with van der Waals surface area (Å²) in [5, 5.41) is 0. The fourth-order valence-corrected chi connectivity index (χ4v) is 3.09. The summed E-state index contributed by atoms with van der Waals surface area (Å²) in [7, 11) is 0. The first-order valence-corrected chi connectivity index (χ1v) is 7.19. The molecule has 0 aromatic heterocycles. The minimum Gasteiger partial charge on any atom is -0.487 e. The SMILES string of the molecule is Cc1ccc2c(c1C)COc1c-2ccc(C)c1I. The highest BCUT2D eigenvalue weighted by Crippen LogP contribution is 2.42. The van der Waals surface area contributed by atoms with Crippen molar-refractivity contribution in [3.8, 4) is 16.9 Å². The zero-order valence-electron chi connectivity index (χ0n) is 10.8. The van der Waals surface area contributed by atoms with Crippen LogP contribution in [0.3, 0.4) is 0 Å². The molecule has 0 N–H and O–H groups in total. The molecule has 0 spiro atoms. The van der Waals surface area contributed by atoms with Gasteiger partial charge in [0.05, 0.1) is 3.57 Å². The van der Waals surface area contributed by atoms with Gasteiger partial charge in [-0.25, -0.2) is 0 Å². The number of rotatable bonds is 0. The van der Waals surface area contributed by atoms with Crippen molar-refractivity contribution in [2.75, 3.05) is 0 Å². The minimum atomic E-state index is 0.690. The Morgan fingerprint density at radius 1 is 0.944 bits per heavy atom. The van der Waals surface area contributed by atoms with Crippen molar-refractivity contribution < 1.29 is 4.74 Å². The van der Waals surface area contributed by atoms with E-state index in [0.29, 0.717) is 6.61 Å². The highest BCUT2D eigenvalue weighted by Gasteiger charge is 2.21. The van der Waals surface area contributed by atoms with Crippen LogP contribution in [0.15, 0.2) is 24.3 Å². The predicted octanol–water partition coefficient (Wildman–Crippen LogP) is 4.78. The van der Waals surface area contributed by atoms with Crippen molar-refractivity contribution in [2.24, 2.45) is 0 Å². The second-order valence-corrected chi connectivity index (χ2v) is 5.97. The third-order valence-electron chi connectivity index (χ3n) is 3.81. The number of hydrogen-bond donors (Lipinski definition) is 0. The van der Waals surface area contributed by atoms with Crippen LogP contribution in [0, 0.1) is 24.3 Å². The third-order valence-corrected chi connectivity index (χ3v) is 5.15.